The van der Waals surface area contributed by atoms with E-state index in [9.17, 15) is 4.79 Å². The molecule has 3 aliphatic heterocycles. The van der Waals surface area contributed by atoms with E-state index in [4.69, 9.17) is 18.6 Å². The molecule has 0 radical (unpaired) electrons. The van der Waals surface area contributed by atoms with E-state index < -0.39 is 5.41 Å². The molecule has 8 heteroatoms. The highest BCUT2D eigenvalue weighted by molar-refractivity contribution is 6.11. The zero-order valence-corrected chi connectivity index (χ0v) is 17.4. The Morgan fingerprint density at radius 3 is 2.52 bits per heavy atom. The first kappa shape index (κ1) is 18.3. The molecule has 7 rings (SSSR count). The number of hydrogen-bond donors (Lipinski definition) is 0. The van der Waals surface area contributed by atoms with E-state index in [1.165, 1.54) is 0 Å². The van der Waals surface area contributed by atoms with Gasteiger partial charge in [-0.05, 0) is 29.8 Å². The number of carbonyl (C=O) groups excluding carboxylic acids is 1. The first-order valence-electron chi connectivity index (χ1n) is 10.6. The van der Waals surface area contributed by atoms with Crippen molar-refractivity contribution in [2.75, 3.05) is 18.3 Å². The summed E-state index contributed by atoms with van der Waals surface area (Å²) in [6, 6.07) is 21.0. The number of carbonyl (C=O) groups is 1. The van der Waals surface area contributed by atoms with Crippen LogP contribution in [-0.2, 0) is 16.8 Å². The first-order chi connectivity index (χ1) is 16.2. The summed E-state index contributed by atoms with van der Waals surface area (Å²) in [6.45, 7) is 0.525. The van der Waals surface area contributed by atoms with Gasteiger partial charge in [0.1, 0.15) is 24.3 Å². The third-order valence-corrected chi connectivity index (χ3v) is 6.42. The molecule has 0 fully saturated rings. The SMILES string of the molecule is O=C1N(Cc2nnc(-c3ccccc3)o2)c2ccccc2C12COc1cc3c(cc12)OCO3. The van der Waals surface area contributed by atoms with Crippen LogP contribution >= 0.6 is 0 Å². The van der Waals surface area contributed by atoms with Crippen molar-refractivity contribution in [1.82, 2.24) is 10.2 Å². The highest BCUT2D eigenvalue weighted by Crippen LogP contribution is 2.55. The molecule has 1 aromatic heterocycles. The molecule has 1 unspecified atom stereocenters. The molecule has 0 saturated heterocycles. The highest BCUT2D eigenvalue weighted by atomic mass is 16.7. The maximum absolute atomic E-state index is 14.0. The summed E-state index contributed by atoms with van der Waals surface area (Å²) in [4.78, 5) is 15.7. The van der Waals surface area contributed by atoms with E-state index >= 15 is 0 Å². The normalized spacial score (nSPS) is 19.6. The molecule has 4 heterocycles. The van der Waals surface area contributed by atoms with Crippen LogP contribution in [-0.4, -0.2) is 29.5 Å². The largest absolute Gasteiger partial charge is 0.491 e. The minimum atomic E-state index is -0.963. The molecular formula is C25H17N3O5. The van der Waals surface area contributed by atoms with Crippen molar-refractivity contribution in [2.24, 2.45) is 0 Å². The Hall–Kier alpha value is -4.33. The second-order valence-corrected chi connectivity index (χ2v) is 8.17. The fourth-order valence-corrected chi connectivity index (χ4v) is 4.87. The van der Waals surface area contributed by atoms with E-state index in [0.29, 0.717) is 29.0 Å². The molecule has 3 aromatic carbocycles. The number of aromatic nitrogens is 2. The van der Waals surface area contributed by atoms with Crippen LogP contribution in [0.1, 0.15) is 17.0 Å². The number of hydrogen-bond acceptors (Lipinski definition) is 7. The number of nitrogens with zero attached hydrogens (tertiary/aromatic N) is 3. The van der Waals surface area contributed by atoms with Crippen LogP contribution in [0, 0.1) is 0 Å². The van der Waals surface area contributed by atoms with E-state index in [0.717, 1.165) is 22.4 Å². The molecule has 33 heavy (non-hydrogen) atoms. The van der Waals surface area contributed by atoms with E-state index in [1.807, 2.05) is 60.7 Å². The van der Waals surface area contributed by atoms with E-state index in [2.05, 4.69) is 10.2 Å². The molecule has 4 aromatic rings. The predicted octanol–water partition coefficient (Wildman–Crippen LogP) is 3.69. The van der Waals surface area contributed by atoms with E-state index in [-0.39, 0.29) is 25.9 Å². The first-order valence-corrected chi connectivity index (χ1v) is 10.6. The van der Waals surface area contributed by atoms with Crippen molar-refractivity contribution in [3.05, 3.63) is 83.7 Å². The van der Waals surface area contributed by atoms with Crippen molar-refractivity contribution < 1.29 is 23.4 Å². The molecule has 8 nitrogen and oxygen atoms in total. The molecule has 0 aliphatic carbocycles. The van der Waals surface area contributed by atoms with Gasteiger partial charge in [0.2, 0.25) is 24.5 Å². The molecule has 1 atom stereocenters. The summed E-state index contributed by atoms with van der Waals surface area (Å²) in [7, 11) is 0. The van der Waals surface area contributed by atoms with Crippen LogP contribution in [0.4, 0.5) is 5.69 Å². The number of fused-ring (bicyclic) bond motifs is 5. The lowest BCUT2D eigenvalue weighted by Gasteiger charge is -2.22. The highest BCUT2D eigenvalue weighted by Gasteiger charge is 2.57. The summed E-state index contributed by atoms with van der Waals surface area (Å²) in [5, 5.41) is 8.36. The third-order valence-electron chi connectivity index (χ3n) is 6.42. The standard InChI is InChI=1S/C25H17N3O5/c29-24-25(13-30-19-11-21-20(10-17(19)25)31-14-32-21)16-8-4-5-9-18(16)28(24)12-22-26-27-23(33-22)15-6-2-1-3-7-15/h1-11H,12-14H2. The van der Waals surface area contributed by atoms with Gasteiger partial charge in [0.25, 0.3) is 0 Å². The average molecular weight is 439 g/mol. The molecule has 1 spiro atoms. The van der Waals surface area contributed by atoms with Crippen molar-refractivity contribution in [3.63, 3.8) is 0 Å². The number of para-hydroxylation sites is 1. The van der Waals surface area contributed by atoms with Crippen LogP contribution < -0.4 is 19.1 Å². The number of benzene rings is 3. The van der Waals surface area contributed by atoms with Crippen LogP contribution in [0.15, 0.2) is 71.1 Å². The maximum Gasteiger partial charge on any atom is 0.247 e. The molecule has 0 N–H and O–H groups in total. The zero-order valence-electron chi connectivity index (χ0n) is 17.4. The van der Waals surface area contributed by atoms with Gasteiger partial charge in [0.15, 0.2) is 11.5 Å². The summed E-state index contributed by atoms with van der Waals surface area (Å²) >= 11 is 0. The molecule has 162 valence electrons. The quantitative estimate of drug-likeness (QED) is 0.481. The molecule has 0 saturated carbocycles. The smallest absolute Gasteiger partial charge is 0.247 e. The third kappa shape index (κ3) is 2.48. The Kier molecular flexibility index (Phi) is 3.64. The summed E-state index contributed by atoms with van der Waals surface area (Å²) < 4.78 is 23.0. The van der Waals surface area contributed by atoms with Crippen molar-refractivity contribution in [3.8, 4) is 28.7 Å². The second-order valence-electron chi connectivity index (χ2n) is 8.17. The van der Waals surface area contributed by atoms with Gasteiger partial charge in [0, 0.05) is 22.9 Å². The van der Waals surface area contributed by atoms with Crippen LogP contribution in [0.5, 0.6) is 17.2 Å². The summed E-state index contributed by atoms with van der Waals surface area (Å²) in [5.41, 5.74) is 2.33. The average Bonchev–Trinajstić information content (AvgIpc) is 3.63. The Morgan fingerprint density at radius 1 is 0.848 bits per heavy atom. The van der Waals surface area contributed by atoms with Gasteiger partial charge >= 0.3 is 0 Å². The number of anilines is 1. The molecule has 0 bridgehead atoms. The van der Waals surface area contributed by atoms with Crippen LogP contribution in [0.3, 0.4) is 0 Å². The zero-order chi connectivity index (χ0) is 22.0. The summed E-state index contributed by atoms with van der Waals surface area (Å²) in [6.07, 6.45) is 0. The van der Waals surface area contributed by atoms with Gasteiger partial charge < -0.3 is 23.5 Å². The molecule has 1 amide bonds. The predicted molar refractivity (Wildman–Crippen MR) is 116 cm³/mol. The van der Waals surface area contributed by atoms with Gasteiger partial charge in [0.05, 0.1) is 0 Å². The minimum Gasteiger partial charge on any atom is -0.491 e. The van der Waals surface area contributed by atoms with Gasteiger partial charge in [-0.1, -0.05) is 36.4 Å². The lowest BCUT2D eigenvalue weighted by molar-refractivity contribution is -0.122. The monoisotopic (exact) mass is 439 g/mol. The number of amides is 1. The second kappa shape index (κ2) is 6.59. The van der Waals surface area contributed by atoms with Crippen molar-refractivity contribution in [2.45, 2.75) is 12.0 Å². The number of ether oxygens (including phenoxy) is 3. The van der Waals surface area contributed by atoms with Gasteiger partial charge in [-0.3, -0.25) is 4.79 Å². The van der Waals surface area contributed by atoms with Crippen LogP contribution in [0.25, 0.3) is 11.5 Å². The lowest BCUT2D eigenvalue weighted by Crippen LogP contribution is -2.42. The fourth-order valence-electron chi connectivity index (χ4n) is 4.87. The van der Waals surface area contributed by atoms with Gasteiger partial charge in [-0.2, -0.15) is 0 Å². The maximum atomic E-state index is 14.0. The van der Waals surface area contributed by atoms with Gasteiger partial charge in [-0.25, -0.2) is 0 Å². The Balaban J connectivity index is 1.30. The Labute approximate surface area is 188 Å². The van der Waals surface area contributed by atoms with E-state index in [1.54, 1.807) is 11.0 Å². The Morgan fingerprint density at radius 2 is 1.64 bits per heavy atom. The molecule has 3 aliphatic rings. The number of rotatable bonds is 3. The van der Waals surface area contributed by atoms with Crippen molar-refractivity contribution >= 4 is 11.6 Å². The fraction of sp³-hybridized carbons (Fsp3) is 0.160. The lowest BCUT2D eigenvalue weighted by atomic mass is 9.77. The topological polar surface area (TPSA) is 86.9 Å². The minimum absolute atomic E-state index is 0.0965. The van der Waals surface area contributed by atoms with Crippen molar-refractivity contribution in [1.29, 1.82) is 0 Å². The summed E-state index contributed by atoms with van der Waals surface area (Å²) in [5.74, 6) is 2.56. The molecular weight excluding hydrogens is 422 g/mol. The van der Waals surface area contributed by atoms with Crippen LogP contribution in [0.2, 0.25) is 0 Å². The Bertz CT molecular complexity index is 1420. The van der Waals surface area contributed by atoms with Gasteiger partial charge in [-0.15, -0.1) is 10.2 Å².